The molecular weight excluding hydrogens is 224 g/mol. The van der Waals surface area contributed by atoms with Crippen molar-refractivity contribution in [3.63, 3.8) is 0 Å². The number of ether oxygens (including phenoxy) is 1. The number of likely N-dealkylation sites (N-methyl/N-ethyl adjacent to an activating group) is 1. The third-order valence-electron chi connectivity index (χ3n) is 5.19. The molecule has 0 aromatic heterocycles. The number of fused-ring (bicyclic) bond motifs is 1. The predicted molar refractivity (Wildman–Crippen MR) is 73.8 cm³/mol. The van der Waals surface area contributed by atoms with Crippen LogP contribution < -0.4 is 5.32 Å². The maximum absolute atomic E-state index is 6.14. The van der Waals surface area contributed by atoms with Gasteiger partial charge in [0.1, 0.15) is 0 Å². The molecule has 0 aromatic carbocycles. The van der Waals surface area contributed by atoms with Gasteiger partial charge in [-0.15, -0.1) is 0 Å². The summed E-state index contributed by atoms with van der Waals surface area (Å²) >= 11 is 0. The van der Waals surface area contributed by atoms with E-state index < -0.39 is 0 Å². The molecule has 1 N–H and O–H groups in total. The Balaban J connectivity index is 1.48. The average molecular weight is 252 g/mol. The predicted octanol–water partition coefficient (Wildman–Crippen LogP) is 2.02. The highest BCUT2D eigenvalue weighted by molar-refractivity contribution is 4.91. The van der Waals surface area contributed by atoms with E-state index in [1.54, 1.807) is 0 Å². The van der Waals surface area contributed by atoms with Crippen molar-refractivity contribution >= 4 is 0 Å². The van der Waals surface area contributed by atoms with Crippen LogP contribution in [-0.2, 0) is 4.74 Å². The zero-order valence-electron chi connectivity index (χ0n) is 11.7. The molecule has 104 valence electrons. The summed E-state index contributed by atoms with van der Waals surface area (Å²) < 4.78 is 6.14. The lowest BCUT2D eigenvalue weighted by molar-refractivity contribution is 0.0172. The topological polar surface area (TPSA) is 24.5 Å². The number of nitrogens with zero attached hydrogens (tertiary/aromatic N) is 1. The molecule has 2 saturated heterocycles. The van der Waals surface area contributed by atoms with Crippen LogP contribution >= 0.6 is 0 Å². The minimum absolute atomic E-state index is 0.463. The van der Waals surface area contributed by atoms with Gasteiger partial charge in [0.05, 0.1) is 12.2 Å². The highest BCUT2D eigenvalue weighted by Crippen LogP contribution is 2.36. The summed E-state index contributed by atoms with van der Waals surface area (Å²) in [5.74, 6) is 1.01. The molecule has 2 heterocycles. The zero-order valence-corrected chi connectivity index (χ0v) is 11.7. The van der Waals surface area contributed by atoms with Gasteiger partial charge in [-0.25, -0.2) is 0 Å². The van der Waals surface area contributed by atoms with Crippen LogP contribution in [0.4, 0.5) is 0 Å². The largest absolute Gasteiger partial charge is 0.372 e. The van der Waals surface area contributed by atoms with Crippen LogP contribution in [0.5, 0.6) is 0 Å². The fourth-order valence-electron chi connectivity index (χ4n) is 4.28. The monoisotopic (exact) mass is 252 g/mol. The van der Waals surface area contributed by atoms with Crippen molar-refractivity contribution in [2.75, 3.05) is 26.7 Å². The maximum atomic E-state index is 6.14. The Kier molecular flexibility index (Phi) is 4.22. The van der Waals surface area contributed by atoms with Gasteiger partial charge in [-0.05, 0) is 51.6 Å². The first-order chi connectivity index (χ1) is 8.86. The van der Waals surface area contributed by atoms with E-state index >= 15 is 0 Å². The smallest absolute Gasteiger partial charge is 0.0707 e. The quantitative estimate of drug-likeness (QED) is 0.828. The molecule has 0 spiro atoms. The number of hydrogen-bond acceptors (Lipinski definition) is 3. The second kappa shape index (κ2) is 5.89. The molecule has 0 aromatic rings. The lowest BCUT2D eigenvalue weighted by Crippen LogP contribution is -2.39. The SMILES string of the molecule is CNCC1CCC(CN2CCC3CCCCC32)O1. The van der Waals surface area contributed by atoms with E-state index in [0.717, 1.165) is 18.5 Å². The highest BCUT2D eigenvalue weighted by Gasteiger charge is 2.37. The highest BCUT2D eigenvalue weighted by atomic mass is 16.5. The molecular formula is C15H28N2O. The van der Waals surface area contributed by atoms with E-state index in [9.17, 15) is 0 Å². The molecule has 2 aliphatic heterocycles. The molecule has 3 heteroatoms. The van der Waals surface area contributed by atoms with Crippen LogP contribution in [0.1, 0.15) is 44.9 Å². The summed E-state index contributed by atoms with van der Waals surface area (Å²) in [5.41, 5.74) is 0. The van der Waals surface area contributed by atoms with Crippen LogP contribution in [0, 0.1) is 5.92 Å². The lowest BCUT2D eigenvalue weighted by atomic mass is 9.85. The summed E-state index contributed by atoms with van der Waals surface area (Å²) in [6, 6.07) is 0.894. The Labute approximate surface area is 111 Å². The number of nitrogens with one attached hydrogen (secondary N) is 1. The first-order valence-corrected chi connectivity index (χ1v) is 7.91. The van der Waals surface area contributed by atoms with Crippen LogP contribution in [0.15, 0.2) is 0 Å². The van der Waals surface area contributed by atoms with Gasteiger partial charge in [-0.1, -0.05) is 12.8 Å². The summed E-state index contributed by atoms with van der Waals surface area (Å²) in [7, 11) is 2.02. The fourth-order valence-corrected chi connectivity index (χ4v) is 4.28. The van der Waals surface area contributed by atoms with E-state index in [2.05, 4.69) is 10.2 Å². The summed E-state index contributed by atoms with van der Waals surface area (Å²) in [4.78, 5) is 2.75. The van der Waals surface area contributed by atoms with E-state index in [4.69, 9.17) is 4.74 Å². The molecule has 0 radical (unpaired) electrons. The van der Waals surface area contributed by atoms with Gasteiger partial charge in [0.25, 0.3) is 0 Å². The standard InChI is InChI=1S/C15H28N2O/c1-16-10-13-6-7-14(18-13)11-17-9-8-12-4-2-3-5-15(12)17/h12-16H,2-11H2,1H3. The van der Waals surface area contributed by atoms with Crippen molar-refractivity contribution in [1.29, 1.82) is 0 Å². The average Bonchev–Trinajstić information content (AvgIpc) is 2.99. The molecule has 18 heavy (non-hydrogen) atoms. The molecule has 4 unspecified atom stereocenters. The molecule has 1 saturated carbocycles. The summed E-state index contributed by atoms with van der Waals surface area (Å²) in [5, 5.41) is 3.23. The second-order valence-corrected chi connectivity index (χ2v) is 6.41. The Morgan fingerprint density at radius 3 is 2.78 bits per heavy atom. The van der Waals surface area contributed by atoms with E-state index in [1.807, 2.05) is 7.05 Å². The van der Waals surface area contributed by atoms with Crippen molar-refractivity contribution in [3.05, 3.63) is 0 Å². The molecule has 0 bridgehead atoms. The van der Waals surface area contributed by atoms with Gasteiger partial charge in [-0.2, -0.15) is 0 Å². The van der Waals surface area contributed by atoms with Crippen molar-refractivity contribution in [3.8, 4) is 0 Å². The number of likely N-dealkylation sites (tertiary alicyclic amines) is 1. The molecule has 3 aliphatic rings. The third-order valence-corrected chi connectivity index (χ3v) is 5.19. The van der Waals surface area contributed by atoms with Gasteiger partial charge >= 0.3 is 0 Å². The van der Waals surface area contributed by atoms with Crippen LogP contribution in [0.3, 0.4) is 0 Å². The molecule has 1 aliphatic carbocycles. The normalized spacial score (nSPS) is 41.2. The van der Waals surface area contributed by atoms with Gasteiger partial charge in [-0.3, -0.25) is 4.90 Å². The zero-order chi connectivity index (χ0) is 12.4. The van der Waals surface area contributed by atoms with Crippen molar-refractivity contribution in [2.45, 2.75) is 63.2 Å². The van der Waals surface area contributed by atoms with Crippen molar-refractivity contribution in [1.82, 2.24) is 10.2 Å². The van der Waals surface area contributed by atoms with E-state index in [-0.39, 0.29) is 0 Å². The Morgan fingerprint density at radius 1 is 1.06 bits per heavy atom. The number of hydrogen-bond donors (Lipinski definition) is 1. The second-order valence-electron chi connectivity index (χ2n) is 6.41. The molecule has 3 rings (SSSR count). The minimum Gasteiger partial charge on any atom is -0.372 e. The van der Waals surface area contributed by atoms with Gasteiger partial charge in [0.15, 0.2) is 0 Å². The van der Waals surface area contributed by atoms with Crippen LogP contribution in [0.2, 0.25) is 0 Å². The Bertz CT molecular complexity index is 271. The minimum atomic E-state index is 0.463. The molecule has 4 atom stereocenters. The molecule has 0 amide bonds. The first kappa shape index (κ1) is 12.9. The molecule has 3 nitrogen and oxygen atoms in total. The van der Waals surface area contributed by atoms with E-state index in [1.165, 1.54) is 58.0 Å². The maximum Gasteiger partial charge on any atom is 0.0707 e. The Morgan fingerprint density at radius 2 is 1.89 bits per heavy atom. The van der Waals surface area contributed by atoms with E-state index in [0.29, 0.717) is 12.2 Å². The van der Waals surface area contributed by atoms with Crippen molar-refractivity contribution < 1.29 is 4.74 Å². The van der Waals surface area contributed by atoms with Crippen LogP contribution in [0.25, 0.3) is 0 Å². The molecule has 3 fully saturated rings. The van der Waals surface area contributed by atoms with Crippen molar-refractivity contribution in [2.24, 2.45) is 5.92 Å². The van der Waals surface area contributed by atoms with Gasteiger partial charge in [0.2, 0.25) is 0 Å². The Hall–Kier alpha value is -0.120. The lowest BCUT2D eigenvalue weighted by Gasteiger charge is -2.33. The summed E-state index contributed by atoms with van der Waals surface area (Å²) in [6.45, 7) is 3.54. The van der Waals surface area contributed by atoms with Gasteiger partial charge < -0.3 is 10.1 Å². The summed E-state index contributed by atoms with van der Waals surface area (Å²) in [6.07, 6.45) is 10.8. The third kappa shape index (κ3) is 2.73. The number of rotatable bonds is 4. The first-order valence-electron chi connectivity index (χ1n) is 7.91. The van der Waals surface area contributed by atoms with Gasteiger partial charge in [0, 0.05) is 19.1 Å². The fraction of sp³-hybridized carbons (Fsp3) is 1.00. The van der Waals surface area contributed by atoms with Crippen LogP contribution in [-0.4, -0.2) is 49.8 Å².